The number of hydrogen-bond acceptors (Lipinski definition) is 4. The topological polar surface area (TPSA) is 79.0 Å². The number of para-hydroxylation sites is 1. The number of likely N-dealkylation sites (N-methyl/N-ethyl adjacent to an activating group) is 2. The van der Waals surface area contributed by atoms with Gasteiger partial charge in [0.15, 0.2) is 0 Å². The second-order valence-electron chi connectivity index (χ2n) is 6.12. The normalized spacial score (nSPS) is 16.6. The number of urea groups is 1. The molecular weight excluding hydrogens is 370 g/mol. The van der Waals surface area contributed by atoms with Crippen LogP contribution in [-0.4, -0.2) is 47.8 Å². The van der Waals surface area contributed by atoms with Gasteiger partial charge in [-0.1, -0.05) is 23.7 Å². The predicted molar refractivity (Wildman–Crippen MR) is 101 cm³/mol. The number of benzene rings is 2. The van der Waals surface area contributed by atoms with E-state index in [4.69, 9.17) is 16.3 Å². The number of nitrogens with one attached hydrogen (secondary N) is 1. The molecule has 2 aromatic carbocycles. The van der Waals surface area contributed by atoms with Gasteiger partial charge in [-0.05, 0) is 36.4 Å². The number of anilines is 1. The van der Waals surface area contributed by atoms with Crippen molar-refractivity contribution in [3.05, 3.63) is 53.6 Å². The zero-order valence-corrected chi connectivity index (χ0v) is 15.6. The molecule has 1 aliphatic heterocycles. The van der Waals surface area contributed by atoms with Crippen molar-refractivity contribution < 1.29 is 19.1 Å². The van der Waals surface area contributed by atoms with Crippen LogP contribution >= 0.6 is 11.6 Å². The van der Waals surface area contributed by atoms with Crippen LogP contribution in [0.5, 0.6) is 11.5 Å². The molecule has 0 spiro atoms. The van der Waals surface area contributed by atoms with E-state index in [-0.39, 0.29) is 18.2 Å². The van der Waals surface area contributed by atoms with Crippen LogP contribution < -0.4 is 10.1 Å². The van der Waals surface area contributed by atoms with Gasteiger partial charge in [-0.3, -0.25) is 14.5 Å². The summed E-state index contributed by atoms with van der Waals surface area (Å²) >= 11 is 6.06. The Hall–Kier alpha value is -3.06. The van der Waals surface area contributed by atoms with Gasteiger partial charge in [0.1, 0.15) is 17.5 Å². The molecule has 0 saturated carbocycles. The second-order valence-corrected chi connectivity index (χ2v) is 6.52. The van der Waals surface area contributed by atoms with Crippen LogP contribution in [0, 0.1) is 0 Å². The molecule has 0 radical (unpaired) electrons. The molecule has 27 heavy (non-hydrogen) atoms. The quantitative estimate of drug-likeness (QED) is 0.798. The van der Waals surface area contributed by atoms with E-state index >= 15 is 0 Å². The SMILES string of the molecule is CN1C(=O)C(CC(=O)Nc2ccc(Oc3ccccc3Cl)cc2)N(C)C1=O. The fraction of sp³-hybridized carbons (Fsp3) is 0.211. The highest BCUT2D eigenvalue weighted by molar-refractivity contribution is 6.32. The molecule has 1 atom stereocenters. The molecule has 1 N–H and O–H groups in total. The Kier molecular flexibility index (Phi) is 5.32. The lowest BCUT2D eigenvalue weighted by molar-refractivity contribution is -0.129. The number of nitrogens with zero attached hydrogens (tertiary/aromatic N) is 2. The van der Waals surface area contributed by atoms with Gasteiger partial charge in [0, 0.05) is 19.8 Å². The third-order valence-electron chi connectivity index (χ3n) is 4.25. The van der Waals surface area contributed by atoms with Gasteiger partial charge in [0.05, 0.1) is 11.4 Å². The molecule has 2 aromatic rings. The van der Waals surface area contributed by atoms with Crippen LogP contribution in [0.15, 0.2) is 48.5 Å². The summed E-state index contributed by atoms with van der Waals surface area (Å²) in [7, 11) is 2.90. The first kappa shape index (κ1) is 18.7. The largest absolute Gasteiger partial charge is 0.456 e. The van der Waals surface area contributed by atoms with Gasteiger partial charge in [-0.2, -0.15) is 0 Å². The third kappa shape index (κ3) is 4.03. The fourth-order valence-electron chi connectivity index (χ4n) is 2.73. The van der Waals surface area contributed by atoms with Crippen molar-refractivity contribution >= 4 is 35.1 Å². The molecule has 140 valence electrons. The van der Waals surface area contributed by atoms with Gasteiger partial charge in [0.25, 0.3) is 5.91 Å². The minimum absolute atomic E-state index is 0.108. The molecule has 1 unspecified atom stereocenters. The van der Waals surface area contributed by atoms with Gasteiger partial charge in [0.2, 0.25) is 5.91 Å². The fourth-order valence-corrected chi connectivity index (χ4v) is 2.90. The predicted octanol–water partition coefficient (Wildman–Crippen LogP) is 3.35. The summed E-state index contributed by atoms with van der Waals surface area (Å²) in [5, 5.41) is 3.21. The van der Waals surface area contributed by atoms with Crippen molar-refractivity contribution in [2.45, 2.75) is 12.5 Å². The second kappa shape index (κ2) is 7.67. The Bertz CT molecular complexity index is 885. The lowest BCUT2D eigenvalue weighted by atomic mass is 10.1. The van der Waals surface area contributed by atoms with E-state index in [1.165, 1.54) is 19.0 Å². The van der Waals surface area contributed by atoms with E-state index in [0.717, 1.165) is 4.90 Å². The lowest BCUT2D eigenvalue weighted by Crippen LogP contribution is -2.35. The van der Waals surface area contributed by atoms with Crippen LogP contribution in [0.2, 0.25) is 5.02 Å². The van der Waals surface area contributed by atoms with Crippen LogP contribution in [-0.2, 0) is 9.59 Å². The van der Waals surface area contributed by atoms with Crippen molar-refractivity contribution in [1.82, 2.24) is 9.80 Å². The molecule has 1 aliphatic rings. The lowest BCUT2D eigenvalue weighted by Gasteiger charge is -2.15. The molecule has 1 saturated heterocycles. The van der Waals surface area contributed by atoms with E-state index in [1.807, 2.05) is 12.1 Å². The Balaban J connectivity index is 1.60. The molecule has 7 nitrogen and oxygen atoms in total. The molecule has 1 heterocycles. The molecule has 0 aromatic heterocycles. The zero-order chi connectivity index (χ0) is 19.6. The highest BCUT2D eigenvalue weighted by atomic mass is 35.5. The summed E-state index contributed by atoms with van der Waals surface area (Å²) in [5.74, 6) is 0.357. The van der Waals surface area contributed by atoms with E-state index < -0.39 is 12.1 Å². The zero-order valence-electron chi connectivity index (χ0n) is 14.8. The summed E-state index contributed by atoms with van der Waals surface area (Å²) in [6, 6.07) is 12.7. The molecule has 0 bridgehead atoms. The standard InChI is InChI=1S/C19H18ClN3O4/c1-22-15(18(25)23(2)19(22)26)11-17(24)21-12-7-9-13(10-8-12)27-16-6-4-3-5-14(16)20/h3-10,15H,11H2,1-2H3,(H,21,24). The molecule has 4 amide bonds. The number of carbonyl (C=O) groups excluding carboxylic acids is 3. The molecule has 3 rings (SSSR count). The summed E-state index contributed by atoms with van der Waals surface area (Å²) in [4.78, 5) is 38.3. The minimum Gasteiger partial charge on any atom is -0.456 e. The molecule has 1 fully saturated rings. The minimum atomic E-state index is -0.787. The number of imide groups is 1. The van der Waals surface area contributed by atoms with Gasteiger partial charge in [-0.25, -0.2) is 4.79 Å². The number of hydrogen-bond donors (Lipinski definition) is 1. The van der Waals surface area contributed by atoms with Crippen LogP contribution in [0.25, 0.3) is 0 Å². The first-order valence-electron chi connectivity index (χ1n) is 8.23. The Morgan fingerprint density at radius 3 is 2.37 bits per heavy atom. The molecular formula is C19H18ClN3O4. The average Bonchev–Trinajstić information content (AvgIpc) is 2.83. The maximum atomic E-state index is 12.2. The Labute approximate surface area is 161 Å². The number of rotatable bonds is 5. The first-order valence-corrected chi connectivity index (χ1v) is 8.61. The van der Waals surface area contributed by atoms with Crippen molar-refractivity contribution in [1.29, 1.82) is 0 Å². The third-order valence-corrected chi connectivity index (χ3v) is 4.57. The van der Waals surface area contributed by atoms with Crippen LogP contribution in [0.3, 0.4) is 0 Å². The van der Waals surface area contributed by atoms with Gasteiger partial charge in [-0.15, -0.1) is 0 Å². The summed E-state index contributed by atoms with van der Waals surface area (Å²) in [5.41, 5.74) is 0.555. The summed E-state index contributed by atoms with van der Waals surface area (Å²) in [6.45, 7) is 0. The maximum Gasteiger partial charge on any atom is 0.326 e. The van der Waals surface area contributed by atoms with Gasteiger partial charge >= 0.3 is 6.03 Å². The van der Waals surface area contributed by atoms with Crippen molar-refractivity contribution in [3.8, 4) is 11.5 Å². The first-order chi connectivity index (χ1) is 12.9. The number of carbonyl (C=O) groups is 3. The number of halogens is 1. The molecule has 0 aliphatic carbocycles. The van der Waals surface area contributed by atoms with Crippen molar-refractivity contribution in [2.75, 3.05) is 19.4 Å². The summed E-state index contributed by atoms with van der Waals surface area (Å²) in [6.07, 6.45) is -0.108. The highest BCUT2D eigenvalue weighted by Crippen LogP contribution is 2.29. The van der Waals surface area contributed by atoms with E-state index in [1.54, 1.807) is 36.4 Å². The molecule has 8 heteroatoms. The van der Waals surface area contributed by atoms with Crippen molar-refractivity contribution in [3.63, 3.8) is 0 Å². The monoisotopic (exact) mass is 387 g/mol. The number of ether oxygens (including phenoxy) is 1. The van der Waals surface area contributed by atoms with Crippen LogP contribution in [0.4, 0.5) is 10.5 Å². The van der Waals surface area contributed by atoms with E-state index in [2.05, 4.69) is 5.32 Å². The Morgan fingerprint density at radius 1 is 1.11 bits per heavy atom. The van der Waals surface area contributed by atoms with Crippen LogP contribution in [0.1, 0.15) is 6.42 Å². The van der Waals surface area contributed by atoms with Crippen molar-refractivity contribution in [2.24, 2.45) is 0 Å². The smallest absolute Gasteiger partial charge is 0.326 e. The highest BCUT2D eigenvalue weighted by Gasteiger charge is 2.41. The Morgan fingerprint density at radius 2 is 1.78 bits per heavy atom. The van der Waals surface area contributed by atoms with Gasteiger partial charge < -0.3 is 15.0 Å². The maximum absolute atomic E-state index is 12.2. The number of amides is 4. The average molecular weight is 388 g/mol. The van der Waals surface area contributed by atoms with E-state index in [0.29, 0.717) is 22.2 Å². The summed E-state index contributed by atoms with van der Waals surface area (Å²) < 4.78 is 5.69. The van der Waals surface area contributed by atoms with E-state index in [9.17, 15) is 14.4 Å².